The summed E-state index contributed by atoms with van der Waals surface area (Å²) in [4.78, 5) is 12.5. The molecule has 3 rings (SSSR count). The lowest BCUT2D eigenvalue weighted by Crippen LogP contribution is -2.31. The van der Waals surface area contributed by atoms with Crippen LogP contribution in [0.4, 0.5) is 5.69 Å². The number of rotatable bonds is 11. The lowest BCUT2D eigenvalue weighted by atomic mass is 10.3. The van der Waals surface area contributed by atoms with Gasteiger partial charge in [0.15, 0.2) is 5.16 Å². The number of aromatic nitrogens is 3. The monoisotopic (exact) mass is 453 g/mol. The van der Waals surface area contributed by atoms with Crippen LogP contribution < -0.4 is 10.1 Å². The molecule has 0 unspecified atom stereocenters. The number of anilines is 1. The second kappa shape index (κ2) is 9.80. The highest BCUT2D eigenvalue weighted by molar-refractivity contribution is 7.99. The van der Waals surface area contributed by atoms with Crippen molar-refractivity contribution in [3.05, 3.63) is 24.5 Å². The SMILES string of the molecule is CCOc1ccc(NC(=O)CSc2nncn2C2CC2)cc1S(=O)(=O)N(CC)CC. The number of hydrogen-bond donors (Lipinski definition) is 1. The van der Waals surface area contributed by atoms with Crippen LogP contribution in [-0.2, 0) is 14.8 Å². The number of carbonyl (C=O) groups excluding carboxylic acids is 1. The van der Waals surface area contributed by atoms with Gasteiger partial charge in [0.05, 0.1) is 12.4 Å². The largest absolute Gasteiger partial charge is 0.492 e. The zero-order chi connectivity index (χ0) is 21.7. The van der Waals surface area contributed by atoms with E-state index in [4.69, 9.17) is 4.74 Å². The molecule has 2 aromatic rings. The van der Waals surface area contributed by atoms with E-state index in [9.17, 15) is 13.2 Å². The summed E-state index contributed by atoms with van der Waals surface area (Å²) < 4.78 is 34.9. The first-order valence-corrected chi connectivity index (χ1v) is 12.4. The average molecular weight is 454 g/mol. The number of nitrogens with one attached hydrogen (secondary N) is 1. The summed E-state index contributed by atoms with van der Waals surface area (Å²) in [5.74, 6) is 0.173. The first-order valence-electron chi connectivity index (χ1n) is 9.99. The van der Waals surface area contributed by atoms with Crippen molar-refractivity contribution in [2.45, 2.75) is 49.7 Å². The highest BCUT2D eigenvalue weighted by Gasteiger charge is 2.27. The molecule has 1 aromatic carbocycles. The van der Waals surface area contributed by atoms with E-state index in [0.29, 0.717) is 36.6 Å². The molecule has 30 heavy (non-hydrogen) atoms. The minimum Gasteiger partial charge on any atom is -0.492 e. The van der Waals surface area contributed by atoms with Gasteiger partial charge < -0.3 is 14.6 Å². The van der Waals surface area contributed by atoms with Crippen molar-refractivity contribution in [2.24, 2.45) is 0 Å². The fraction of sp³-hybridized carbons (Fsp3) is 0.526. The molecule has 9 nitrogen and oxygen atoms in total. The lowest BCUT2D eigenvalue weighted by molar-refractivity contribution is -0.113. The van der Waals surface area contributed by atoms with Gasteiger partial charge in [0.25, 0.3) is 0 Å². The van der Waals surface area contributed by atoms with Crippen LogP contribution in [0.1, 0.15) is 39.7 Å². The van der Waals surface area contributed by atoms with Crippen LogP contribution in [0.5, 0.6) is 5.75 Å². The number of ether oxygens (including phenoxy) is 1. The summed E-state index contributed by atoms with van der Waals surface area (Å²) in [5.41, 5.74) is 0.401. The number of nitrogens with zero attached hydrogens (tertiary/aromatic N) is 4. The van der Waals surface area contributed by atoms with Crippen molar-refractivity contribution < 1.29 is 17.9 Å². The molecule has 1 fully saturated rings. The Morgan fingerprint density at radius 3 is 2.67 bits per heavy atom. The van der Waals surface area contributed by atoms with Gasteiger partial charge in [-0.15, -0.1) is 10.2 Å². The fourth-order valence-corrected chi connectivity index (χ4v) is 5.43. The Labute approximate surface area is 181 Å². The average Bonchev–Trinajstić information content (AvgIpc) is 3.46. The molecule has 1 saturated carbocycles. The molecule has 0 aliphatic heterocycles. The molecular weight excluding hydrogens is 426 g/mol. The summed E-state index contributed by atoms with van der Waals surface area (Å²) in [6.07, 6.45) is 3.90. The van der Waals surface area contributed by atoms with Crippen molar-refractivity contribution in [1.29, 1.82) is 0 Å². The number of amides is 1. The summed E-state index contributed by atoms with van der Waals surface area (Å²) in [6.45, 7) is 6.39. The van der Waals surface area contributed by atoms with Crippen LogP contribution in [0.2, 0.25) is 0 Å². The van der Waals surface area contributed by atoms with Crippen LogP contribution in [0.3, 0.4) is 0 Å². The third-order valence-electron chi connectivity index (χ3n) is 4.66. The van der Waals surface area contributed by atoms with Crippen molar-refractivity contribution in [2.75, 3.05) is 30.8 Å². The van der Waals surface area contributed by atoms with Gasteiger partial charge >= 0.3 is 0 Å². The molecule has 0 saturated heterocycles. The minimum atomic E-state index is -3.74. The van der Waals surface area contributed by atoms with E-state index in [0.717, 1.165) is 12.8 Å². The summed E-state index contributed by atoms with van der Waals surface area (Å²) in [7, 11) is -3.74. The molecule has 11 heteroatoms. The molecule has 0 atom stereocenters. The Hall–Kier alpha value is -2.11. The Balaban J connectivity index is 1.73. The molecule has 0 radical (unpaired) electrons. The fourth-order valence-electron chi connectivity index (χ4n) is 3.03. The van der Waals surface area contributed by atoms with E-state index in [1.54, 1.807) is 39.2 Å². The van der Waals surface area contributed by atoms with Crippen molar-refractivity contribution in [3.8, 4) is 5.75 Å². The molecule has 0 bridgehead atoms. The molecule has 1 aromatic heterocycles. The molecular formula is C19H27N5O4S2. The zero-order valence-corrected chi connectivity index (χ0v) is 19.0. The first kappa shape index (κ1) is 22.6. The highest BCUT2D eigenvalue weighted by Crippen LogP contribution is 2.37. The van der Waals surface area contributed by atoms with E-state index < -0.39 is 10.0 Å². The summed E-state index contributed by atoms with van der Waals surface area (Å²) in [5, 5.41) is 11.5. The molecule has 0 spiro atoms. The van der Waals surface area contributed by atoms with Crippen LogP contribution in [0.25, 0.3) is 0 Å². The van der Waals surface area contributed by atoms with E-state index >= 15 is 0 Å². The number of carbonyl (C=O) groups is 1. The molecule has 1 amide bonds. The van der Waals surface area contributed by atoms with Crippen LogP contribution >= 0.6 is 11.8 Å². The second-order valence-corrected chi connectivity index (χ2v) is 9.62. The predicted molar refractivity (Wildman–Crippen MR) is 115 cm³/mol. The van der Waals surface area contributed by atoms with Gasteiger partial charge in [-0.1, -0.05) is 25.6 Å². The third kappa shape index (κ3) is 5.13. The van der Waals surface area contributed by atoms with Gasteiger partial charge in [0, 0.05) is 24.8 Å². The van der Waals surface area contributed by atoms with E-state index in [2.05, 4.69) is 15.5 Å². The van der Waals surface area contributed by atoms with Gasteiger partial charge in [-0.05, 0) is 38.0 Å². The smallest absolute Gasteiger partial charge is 0.246 e. The van der Waals surface area contributed by atoms with Gasteiger partial charge in [0.2, 0.25) is 15.9 Å². The molecule has 164 valence electrons. The summed E-state index contributed by atoms with van der Waals surface area (Å²) >= 11 is 1.31. The summed E-state index contributed by atoms with van der Waals surface area (Å²) in [6, 6.07) is 5.10. The topological polar surface area (TPSA) is 106 Å². The molecule has 1 N–H and O–H groups in total. The van der Waals surface area contributed by atoms with Crippen molar-refractivity contribution in [1.82, 2.24) is 19.1 Å². The van der Waals surface area contributed by atoms with E-state index in [1.807, 2.05) is 4.57 Å². The lowest BCUT2D eigenvalue weighted by Gasteiger charge is -2.21. The van der Waals surface area contributed by atoms with E-state index in [1.165, 1.54) is 22.1 Å². The van der Waals surface area contributed by atoms with Gasteiger partial charge in [0.1, 0.15) is 17.0 Å². The van der Waals surface area contributed by atoms with Crippen LogP contribution in [0, 0.1) is 0 Å². The quantitative estimate of drug-likeness (QED) is 0.521. The molecule has 1 heterocycles. The Bertz CT molecular complexity index is 985. The van der Waals surface area contributed by atoms with Crippen LogP contribution in [-0.4, -0.2) is 58.8 Å². The standard InChI is InChI=1S/C19H27N5O4S2/c1-4-23(5-2)30(26,27)17-11-14(7-10-16(17)28-6-3)21-18(25)12-29-19-22-20-13-24(19)15-8-9-15/h7,10-11,13,15H,4-6,8-9,12H2,1-3H3,(H,21,25). The van der Waals surface area contributed by atoms with Crippen molar-refractivity contribution >= 4 is 33.4 Å². The zero-order valence-electron chi connectivity index (χ0n) is 17.4. The highest BCUT2D eigenvalue weighted by atomic mass is 32.2. The Morgan fingerprint density at radius 1 is 1.30 bits per heavy atom. The maximum atomic E-state index is 13.0. The number of hydrogen-bond acceptors (Lipinski definition) is 7. The van der Waals surface area contributed by atoms with Crippen molar-refractivity contribution in [3.63, 3.8) is 0 Å². The number of benzene rings is 1. The second-order valence-electron chi connectivity index (χ2n) is 6.77. The third-order valence-corrected chi connectivity index (χ3v) is 7.69. The Kier molecular flexibility index (Phi) is 7.37. The molecule has 1 aliphatic carbocycles. The van der Waals surface area contributed by atoms with Gasteiger partial charge in [-0.25, -0.2) is 8.42 Å². The number of thioether (sulfide) groups is 1. The van der Waals surface area contributed by atoms with Gasteiger partial charge in [-0.3, -0.25) is 4.79 Å². The molecule has 1 aliphatic rings. The van der Waals surface area contributed by atoms with Gasteiger partial charge in [-0.2, -0.15) is 4.31 Å². The minimum absolute atomic E-state index is 0.0481. The predicted octanol–water partition coefficient (Wildman–Crippen LogP) is 2.77. The normalized spacial score (nSPS) is 14.1. The first-order chi connectivity index (χ1) is 14.4. The Morgan fingerprint density at radius 2 is 2.03 bits per heavy atom. The van der Waals surface area contributed by atoms with E-state index in [-0.39, 0.29) is 22.3 Å². The maximum Gasteiger partial charge on any atom is 0.246 e. The number of sulfonamides is 1. The maximum absolute atomic E-state index is 13.0. The van der Waals surface area contributed by atoms with Crippen LogP contribution in [0.15, 0.2) is 34.6 Å².